The minimum atomic E-state index is -0.0709. The lowest BCUT2D eigenvalue weighted by Crippen LogP contribution is -2.28. The first kappa shape index (κ1) is 23.5. The highest BCUT2D eigenvalue weighted by Crippen LogP contribution is 2.19. The predicted molar refractivity (Wildman–Crippen MR) is 131 cm³/mol. The van der Waals surface area contributed by atoms with E-state index in [0.29, 0.717) is 19.7 Å². The van der Waals surface area contributed by atoms with Gasteiger partial charge in [-0.1, -0.05) is 30.3 Å². The van der Waals surface area contributed by atoms with Gasteiger partial charge in [-0.05, 0) is 65.9 Å². The van der Waals surface area contributed by atoms with Crippen molar-refractivity contribution in [2.45, 2.75) is 32.0 Å². The first-order valence-corrected chi connectivity index (χ1v) is 11.5. The van der Waals surface area contributed by atoms with Crippen LogP contribution in [0.2, 0.25) is 0 Å². The largest absolute Gasteiger partial charge is 0.497 e. The topological polar surface area (TPSA) is 60.9 Å². The summed E-state index contributed by atoms with van der Waals surface area (Å²) >= 11 is 0. The Labute approximate surface area is 200 Å². The number of carbonyl (C=O) groups excluding carboxylic acids is 1. The van der Waals surface area contributed by atoms with Crippen LogP contribution in [0.4, 0.5) is 0 Å². The molecule has 1 aliphatic heterocycles. The number of hydrogen-bond donors (Lipinski definition) is 0. The summed E-state index contributed by atoms with van der Waals surface area (Å²) in [6.07, 6.45) is 9.28. The molecule has 34 heavy (non-hydrogen) atoms. The minimum absolute atomic E-state index is 0.0709. The fourth-order valence-electron chi connectivity index (χ4n) is 3.79. The van der Waals surface area contributed by atoms with Crippen LogP contribution >= 0.6 is 0 Å². The number of methoxy groups -OCH3 is 1. The molecule has 0 unspecified atom stereocenters. The van der Waals surface area contributed by atoms with Crippen LogP contribution in [0.5, 0.6) is 11.5 Å². The third-order valence-electron chi connectivity index (χ3n) is 5.70. The van der Waals surface area contributed by atoms with E-state index in [1.165, 1.54) is 0 Å². The van der Waals surface area contributed by atoms with Gasteiger partial charge >= 0.3 is 0 Å². The Morgan fingerprint density at radius 2 is 1.82 bits per heavy atom. The minimum Gasteiger partial charge on any atom is -0.497 e. The Morgan fingerprint density at radius 3 is 2.50 bits per heavy atom. The van der Waals surface area contributed by atoms with Crippen LogP contribution < -0.4 is 9.47 Å². The maximum absolute atomic E-state index is 13.1. The van der Waals surface area contributed by atoms with E-state index < -0.39 is 0 Å². The smallest absolute Gasteiger partial charge is 0.247 e. The lowest BCUT2D eigenvalue weighted by atomic mass is 10.1. The second-order valence-electron chi connectivity index (χ2n) is 8.25. The quantitative estimate of drug-likeness (QED) is 0.405. The van der Waals surface area contributed by atoms with Crippen molar-refractivity contribution in [3.8, 4) is 11.5 Å². The second kappa shape index (κ2) is 12.0. The molecule has 4 rings (SSSR count). The van der Waals surface area contributed by atoms with Crippen LogP contribution in [0, 0.1) is 0 Å². The molecule has 6 nitrogen and oxygen atoms in total. The number of benzene rings is 2. The average molecular weight is 459 g/mol. The molecule has 2 aromatic carbocycles. The summed E-state index contributed by atoms with van der Waals surface area (Å²) < 4.78 is 16.7. The van der Waals surface area contributed by atoms with E-state index in [9.17, 15) is 4.79 Å². The van der Waals surface area contributed by atoms with Crippen LogP contribution in [0.3, 0.4) is 0 Å². The molecule has 1 atom stereocenters. The van der Waals surface area contributed by atoms with Gasteiger partial charge in [-0.3, -0.25) is 9.78 Å². The molecule has 0 bridgehead atoms. The van der Waals surface area contributed by atoms with E-state index in [0.717, 1.165) is 47.6 Å². The van der Waals surface area contributed by atoms with Gasteiger partial charge in [0.2, 0.25) is 5.91 Å². The lowest BCUT2D eigenvalue weighted by Gasteiger charge is -2.22. The van der Waals surface area contributed by atoms with Gasteiger partial charge in [-0.2, -0.15) is 0 Å². The maximum atomic E-state index is 13.1. The van der Waals surface area contributed by atoms with Gasteiger partial charge in [-0.25, -0.2) is 0 Å². The normalized spacial score (nSPS) is 15.4. The summed E-state index contributed by atoms with van der Waals surface area (Å²) in [4.78, 5) is 19.1. The Hall–Kier alpha value is -3.64. The molecule has 1 saturated heterocycles. The van der Waals surface area contributed by atoms with Crippen molar-refractivity contribution in [2.24, 2.45) is 0 Å². The molecule has 1 aromatic heterocycles. The molecule has 3 aromatic rings. The Kier molecular flexibility index (Phi) is 8.30. The molecule has 0 aliphatic carbocycles. The van der Waals surface area contributed by atoms with Crippen LogP contribution in [0.15, 0.2) is 79.1 Å². The van der Waals surface area contributed by atoms with Gasteiger partial charge in [0, 0.05) is 38.2 Å². The molecule has 6 heteroatoms. The third-order valence-corrected chi connectivity index (χ3v) is 5.70. The molecule has 1 aliphatic rings. The van der Waals surface area contributed by atoms with E-state index in [1.54, 1.807) is 30.5 Å². The van der Waals surface area contributed by atoms with Crippen LogP contribution in [0.25, 0.3) is 6.08 Å². The molecule has 0 N–H and O–H groups in total. The molecule has 1 fully saturated rings. The summed E-state index contributed by atoms with van der Waals surface area (Å²) in [5.74, 6) is 1.52. The number of aromatic nitrogens is 1. The molecule has 1 amide bonds. The summed E-state index contributed by atoms with van der Waals surface area (Å²) in [6, 6.07) is 19.3. The molecule has 0 spiro atoms. The summed E-state index contributed by atoms with van der Waals surface area (Å²) in [5.41, 5.74) is 2.94. The fraction of sp³-hybridized carbons (Fsp3) is 0.286. The van der Waals surface area contributed by atoms with Crippen LogP contribution in [-0.4, -0.2) is 42.2 Å². The van der Waals surface area contributed by atoms with Crippen molar-refractivity contribution < 1.29 is 19.0 Å². The Bertz CT molecular complexity index is 1060. The number of nitrogens with zero attached hydrogens (tertiary/aromatic N) is 2. The average Bonchev–Trinajstić information content (AvgIpc) is 3.41. The monoisotopic (exact) mass is 458 g/mol. The Balaban J connectivity index is 1.42. The molecule has 176 valence electrons. The number of rotatable bonds is 10. The van der Waals surface area contributed by atoms with Crippen molar-refractivity contribution in [2.75, 3.05) is 20.3 Å². The summed E-state index contributed by atoms with van der Waals surface area (Å²) in [6.45, 7) is 2.34. The number of amides is 1. The van der Waals surface area contributed by atoms with Gasteiger partial charge in [0.15, 0.2) is 0 Å². The van der Waals surface area contributed by atoms with E-state index in [-0.39, 0.29) is 12.0 Å². The van der Waals surface area contributed by atoms with Gasteiger partial charge in [0.05, 0.1) is 13.2 Å². The standard InChI is InChI=1S/C28H30N2O4/c1-32-25-11-6-22(7-12-25)10-15-28(31)30(20-24-4-2-16-29-18-24)19-23-8-13-26(14-9-23)34-21-27-5-3-17-33-27/h2,4,6-16,18,27H,3,5,17,19-21H2,1H3/b15-10+/t27-/m1/s1. The van der Waals surface area contributed by atoms with Gasteiger partial charge in [0.25, 0.3) is 0 Å². The van der Waals surface area contributed by atoms with Gasteiger partial charge in [0.1, 0.15) is 18.1 Å². The maximum Gasteiger partial charge on any atom is 0.247 e. The van der Waals surface area contributed by atoms with E-state index >= 15 is 0 Å². The third kappa shape index (κ3) is 6.93. The zero-order chi connectivity index (χ0) is 23.6. The number of carbonyl (C=O) groups is 1. The van der Waals surface area contributed by atoms with Crippen molar-refractivity contribution >= 4 is 12.0 Å². The molecule has 0 saturated carbocycles. The second-order valence-corrected chi connectivity index (χ2v) is 8.25. The van der Waals surface area contributed by atoms with Crippen molar-refractivity contribution in [1.82, 2.24) is 9.88 Å². The Morgan fingerprint density at radius 1 is 1.06 bits per heavy atom. The van der Waals surface area contributed by atoms with Gasteiger partial charge < -0.3 is 19.1 Å². The highest BCUT2D eigenvalue weighted by Gasteiger charge is 2.16. The van der Waals surface area contributed by atoms with E-state index in [1.807, 2.05) is 66.7 Å². The van der Waals surface area contributed by atoms with E-state index in [2.05, 4.69) is 4.98 Å². The molecular weight excluding hydrogens is 428 g/mol. The number of hydrogen-bond acceptors (Lipinski definition) is 5. The first-order chi connectivity index (χ1) is 16.7. The van der Waals surface area contributed by atoms with Gasteiger partial charge in [-0.15, -0.1) is 0 Å². The van der Waals surface area contributed by atoms with Crippen molar-refractivity contribution in [3.63, 3.8) is 0 Å². The summed E-state index contributed by atoms with van der Waals surface area (Å²) in [7, 11) is 1.63. The highest BCUT2D eigenvalue weighted by atomic mass is 16.5. The zero-order valence-electron chi connectivity index (χ0n) is 19.4. The molecule has 2 heterocycles. The molecule has 0 radical (unpaired) electrons. The lowest BCUT2D eigenvalue weighted by molar-refractivity contribution is -0.127. The first-order valence-electron chi connectivity index (χ1n) is 11.5. The zero-order valence-corrected chi connectivity index (χ0v) is 19.4. The van der Waals surface area contributed by atoms with Crippen molar-refractivity contribution in [1.29, 1.82) is 0 Å². The SMILES string of the molecule is COc1ccc(/C=C/C(=O)N(Cc2ccc(OC[C@H]3CCCO3)cc2)Cc2cccnc2)cc1. The number of ether oxygens (including phenoxy) is 3. The fourth-order valence-corrected chi connectivity index (χ4v) is 3.79. The van der Waals surface area contributed by atoms with Crippen molar-refractivity contribution in [3.05, 3.63) is 95.8 Å². The van der Waals surface area contributed by atoms with E-state index in [4.69, 9.17) is 14.2 Å². The highest BCUT2D eigenvalue weighted by molar-refractivity contribution is 5.91. The number of pyridine rings is 1. The predicted octanol–water partition coefficient (Wildman–Crippen LogP) is 4.89. The van der Waals surface area contributed by atoms with Crippen LogP contribution in [-0.2, 0) is 22.6 Å². The van der Waals surface area contributed by atoms with Crippen LogP contribution in [0.1, 0.15) is 29.5 Å². The summed E-state index contributed by atoms with van der Waals surface area (Å²) in [5, 5.41) is 0. The molecular formula is C28H30N2O4.